The van der Waals surface area contributed by atoms with Gasteiger partial charge in [0.05, 0.1) is 0 Å². The molecule has 0 unspecified atom stereocenters. The van der Waals surface area contributed by atoms with Gasteiger partial charge in [0.2, 0.25) is 0 Å². The van der Waals surface area contributed by atoms with Crippen LogP contribution in [-0.2, 0) is 0 Å². The largest absolute Gasteiger partial charge is 0.492 e. The Labute approximate surface area is 106 Å². The highest BCUT2D eigenvalue weighted by atomic mass is 79.9. The van der Waals surface area contributed by atoms with E-state index in [2.05, 4.69) is 27.8 Å². The second kappa shape index (κ2) is 5.69. The van der Waals surface area contributed by atoms with E-state index in [0.717, 1.165) is 29.3 Å². The Hall–Kier alpha value is -0.540. The third kappa shape index (κ3) is 3.49. The molecule has 0 bridgehead atoms. The van der Waals surface area contributed by atoms with Gasteiger partial charge in [-0.1, -0.05) is 22.9 Å². The molecule has 0 aromatic heterocycles. The molecule has 1 atom stereocenters. The third-order valence-corrected chi connectivity index (χ3v) is 3.53. The molecular formula is C13H18BrNO. The predicted octanol–water partition coefficient (Wildman–Crippen LogP) is 3.17. The maximum absolute atomic E-state index is 5.70. The van der Waals surface area contributed by atoms with Crippen molar-refractivity contribution in [1.29, 1.82) is 0 Å². The van der Waals surface area contributed by atoms with Gasteiger partial charge in [-0.25, -0.2) is 0 Å². The molecule has 0 spiro atoms. The van der Waals surface area contributed by atoms with Crippen LogP contribution in [0.1, 0.15) is 13.3 Å². The van der Waals surface area contributed by atoms with Gasteiger partial charge in [0.1, 0.15) is 12.4 Å². The summed E-state index contributed by atoms with van der Waals surface area (Å²) in [7, 11) is 0. The van der Waals surface area contributed by atoms with Gasteiger partial charge in [-0.3, -0.25) is 4.90 Å². The zero-order chi connectivity index (χ0) is 11.4. The zero-order valence-electron chi connectivity index (χ0n) is 9.66. The molecule has 16 heavy (non-hydrogen) atoms. The number of ether oxygens (including phenoxy) is 1. The van der Waals surface area contributed by atoms with E-state index in [4.69, 9.17) is 4.74 Å². The molecule has 1 aliphatic rings. The van der Waals surface area contributed by atoms with Crippen LogP contribution < -0.4 is 4.74 Å². The van der Waals surface area contributed by atoms with Crippen LogP contribution in [-0.4, -0.2) is 31.1 Å². The molecule has 1 heterocycles. The van der Waals surface area contributed by atoms with Crippen molar-refractivity contribution in [3.63, 3.8) is 0 Å². The normalized spacial score (nSPS) is 21.2. The molecule has 1 saturated heterocycles. The summed E-state index contributed by atoms with van der Waals surface area (Å²) in [6.45, 7) is 6.60. The molecule has 0 saturated carbocycles. The van der Waals surface area contributed by atoms with Crippen molar-refractivity contribution in [1.82, 2.24) is 4.90 Å². The molecule has 0 N–H and O–H groups in total. The van der Waals surface area contributed by atoms with Crippen molar-refractivity contribution in [2.45, 2.75) is 13.3 Å². The van der Waals surface area contributed by atoms with E-state index in [1.807, 2.05) is 24.3 Å². The van der Waals surface area contributed by atoms with Gasteiger partial charge in [0.25, 0.3) is 0 Å². The lowest BCUT2D eigenvalue weighted by Crippen LogP contribution is -2.25. The first-order valence-electron chi connectivity index (χ1n) is 5.85. The summed E-state index contributed by atoms with van der Waals surface area (Å²) in [6, 6.07) is 8.01. The molecule has 1 fully saturated rings. The summed E-state index contributed by atoms with van der Waals surface area (Å²) in [5.74, 6) is 1.81. The number of likely N-dealkylation sites (tertiary alicyclic amines) is 1. The highest BCUT2D eigenvalue weighted by molar-refractivity contribution is 9.10. The fraction of sp³-hybridized carbons (Fsp3) is 0.538. The molecule has 0 radical (unpaired) electrons. The van der Waals surface area contributed by atoms with Crippen LogP contribution in [0.2, 0.25) is 0 Å². The first-order valence-corrected chi connectivity index (χ1v) is 6.64. The molecule has 2 nitrogen and oxygen atoms in total. The Morgan fingerprint density at radius 2 is 2.12 bits per heavy atom. The molecule has 3 heteroatoms. The number of rotatable bonds is 4. The number of hydrogen-bond acceptors (Lipinski definition) is 2. The van der Waals surface area contributed by atoms with Crippen LogP contribution in [0.4, 0.5) is 0 Å². The van der Waals surface area contributed by atoms with Crippen molar-refractivity contribution in [2.75, 3.05) is 26.2 Å². The fourth-order valence-electron chi connectivity index (χ4n) is 2.05. The van der Waals surface area contributed by atoms with Gasteiger partial charge in [-0.05, 0) is 43.1 Å². The summed E-state index contributed by atoms with van der Waals surface area (Å²) in [4.78, 5) is 2.48. The standard InChI is InChI=1S/C13H18BrNO/c1-11-6-7-15(10-11)8-9-16-13-4-2-12(14)3-5-13/h2-5,11H,6-10H2,1H3/t11-/m0/s1. The first-order chi connectivity index (χ1) is 7.74. The average Bonchev–Trinajstić information content (AvgIpc) is 2.67. The van der Waals surface area contributed by atoms with Gasteiger partial charge in [0, 0.05) is 17.6 Å². The lowest BCUT2D eigenvalue weighted by Gasteiger charge is -2.15. The smallest absolute Gasteiger partial charge is 0.119 e. The summed E-state index contributed by atoms with van der Waals surface area (Å²) < 4.78 is 6.79. The van der Waals surface area contributed by atoms with Crippen molar-refractivity contribution in [3.05, 3.63) is 28.7 Å². The molecule has 1 aromatic rings. The SMILES string of the molecule is C[C@H]1CCN(CCOc2ccc(Br)cc2)C1. The van der Waals surface area contributed by atoms with Crippen molar-refractivity contribution >= 4 is 15.9 Å². The predicted molar refractivity (Wildman–Crippen MR) is 69.9 cm³/mol. The lowest BCUT2D eigenvalue weighted by atomic mass is 10.2. The van der Waals surface area contributed by atoms with Gasteiger partial charge in [-0.2, -0.15) is 0 Å². The molecule has 1 aromatic carbocycles. The Balaban J connectivity index is 1.70. The molecular weight excluding hydrogens is 266 g/mol. The Kier molecular flexibility index (Phi) is 4.24. The van der Waals surface area contributed by atoms with Crippen LogP contribution in [0.5, 0.6) is 5.75 Å². The first kappa shape index (κ1) is 11.9. The maximum Gasteiger partial charge on any atom is 0.119 e. The quantitative estimate of drug-likeness (QED) is 0.842. The Bertz CT molecular complexity index is 325. The van der Waals surface area contributed by atoms with E-state index in [1.54, 1.807) is 0 Å². The summed E-state index contributed by atoms with van der Waals surface area (Å²) in [5.41, 5.74) is 0. The van der Waals surface area contributed by atoms with Crippen LogP contribution >= 0.6 is 15.9 Å². The van der Waals surface area contributed by atoms with E-state index in [1.165, 1.54) is 19.5 Å². The highest BCUT2D eigenvalue weighted by Gasteiger charge is 2.17. The highest BCUT2D eigenvalue weighted by Crippen LogP contribution is 2.17. The molecule has 88 valence electrons. The van der Waals surface area contributed by atoms with Crippen LogP contribution in [0.15, 0.2) is 28.7 Å². The second-order valence-electron chi connectivity index (χ2n) is 4.50. The second-order valence-corrected chi connectivity index (χ2v) is 5.41. The summed E-state index contributed by atoms with van der Waals surface area (Å²) >= 11 is 3.41. The van der Waals surface area contributed by atoms with Gasteiger partial charge in [-0.15, -0.1) is 0 Å². The minimum Gasteiger partial charge on any atom is -0.492 e. The summed E-state index contributed by atoms with van der Waals surface area (Å²) in [5, 5.41) is 0. The van der Waals surface area contributed by atoms with Gasteiger partial charge >= 0.3 is 0 Å². The van der Waals surface area contributed by atoms with Crippen LogP contribution in [0, 0.1) is 5.92 Å². The molecule has 2 rings (SSSR count). The third-order valence-electron chi connectivity index (χ3n) is 3.00. The van der Waals surface area contributed by atoms with E-state index in [0.29, 0.717) is 0 Å². The Morgan fingerprint density at radius 3 is 2.75 bits per heavy atom. The maximum atomic E-state index is 5.70. The average molecular weight is 284 g/mol. The van der Waals surface area contributed by atoms with Crippen molar-refractivity contribution in [2.24, 2.45) is 5.92 Å². The summed E-state index contributed by atoms with van der Waals surface area (Å²) in [6.07, 6.45) is 1.33. The molecule has 0 amide bonds. The van der Waals surface area contributed by atoms with E-state index >= 15 is 0 Å². The minimum atomic E-state index is 0.786. The molecule has 1 aliphatic heterocycles. The van der Waals surface area contributed by atoms with Gasteiger partial charge in [0.15, 0.2) is 0 Å². The number of nitrogens with zero attached hydrogens (tertiary/aromatic N) is 1. The fourth-order valence-corrected chi connectivity index (χ4v) is 2.32. The van der Waals surface area contributed by atoms with E-state index < -0.39 is 0 Å². The topological polar surface area (TPSA) is 12.5 Å². The van der Waals surface area contributed by atoms with E-state index in [9.17, 15) is 0 Å². The van der Waals surface area contributed by atoms with Gasteiger partial charge < -0.3 is 4.74 Å². The van der Waals surface area contributed by atoms with Crippen molar-refractivity contribution in [3.8, 4) is 5.75 Å². The van der Waals surface area contributed by atoms with Crippen LogP contribution in [0.25, 0.3) is 0 Å². The number of hydrogen-bond donors (Lipinski definition) is 0. The van der Waals surface area contributed by atoms with E-state index in [-0.39, 0.29) is 0 Å². The molecule has 0 aliphatic carbocycles. The monoisotopic (exact) mass is 283 g/mol. The Morgan fingerprint density at radius 1 is 1.38 bits per heavy atom. The zero-order valence-corrected chi connectivity index (χ0v) is 11.2. The lowest BCUT2D eigenvalue weighted by molar-refractivity contribution is 0.234. The van der Waals surface area contributed by atoms with Crippen LogP contribution in [0.3, 0.4) is 0 Å². The number of halogens is 1. The minimum absolute atomic E-state index is 0.786. The van der Waals surface area contributed by atoms with Crippen molar-refractivity contribution < 1.29 is 4.74 Å². The number of benzene rings is 1.